The van der Waals surface area contributed by atoms with Crippen LogP contribution in [0, 0.1) is 23.7 Å². The molecule has 1 heteroatoms. The number of rotatable bonds is 7. The van der Waals surface area contributed by atoms with Crippen LogP contribution in [0.3, 0.4) is 0 Å². The molecular weight excluding hydrogens is 302 g/mol. The monoisotopic (exact) mass is 347 g/mol. The smallest absolute Gasteiger partial charge is 0.00954 e. The van der Waals surface area contributed by atoms with Gasteiger partial charge in [0.15, 0.2) is 0 Å². The fourth-order valence-electron chi connectivity index (χ4n) is 6.39. The van der Waals surface area contributed by atoms with Gasteiger partial charge in [0.2, 0.25) is 0 Å². The zero-order valence-electron chi connectivity index (χ0n) is 17.4. The Bertz CT molecular complexity index is 341. The number of hydrogen-bond acceptors (Lipinski definition) is 1. The molecule has 3 rings (SSSR count). The highest BCUT2D eigenvalue weighted by atomic mass is 15.2. The van der Waals surface area contributed by atoms with Gasteiger partial charge in [0.1, 0.15) is 0 Å². The molecule has 0 radical (unpaired) electrons. The lowest BCUT2D eigenvalue weighted by Crippen LogP contribution is -2.43. The van der Waals surface area contributed by atoms with Gasteiger partial charge in [0.25, 0.3) is 0 Å². The molecule has 0 spiro atoms. The van der Waals surface area contributed by atoms with E-state index >= 15 is 0 Å². The van der Waals surface area contributed by atoms with Crippen molar-refractivity contribution < 1.29 is 0 Å². The van der Waals surface area contributed by atoms with E-state index in [-0.39, 0.29) is 0 Å². The Labute approximate surface area is 158 Å². The molecule has 2 saturated carbocycles. The number of unbranched alkanes of at least 4 members (excludes halogenated alkanes) is 1. The van der Waals surface area contributed by atoms with Gasteiger partial charge in [0, 0.05) is 6.04 Å². The number of hydrogen-bond donors (Lipinski definition) is 0. The van der Waals surface area contributed by atoms with Crippen molar-refractivity contribution in [1.29, 1.82) is 0 Å². The average molecular weight is 348 g/mol. The van der Waals surface area contributed by atoms with E-state index in [0.29, 0.717) is 0 Å². The lowest BCUT2D eigenvalue weighted by Gasteiger charge is -2.43. The molecule has 1 saturated heterocycles. The van der Waals surface area contributed by atoms with Gasteiger partial charge in [-0.3, -0.25) is 0 Å². The molecule has 1 aliphatic heterocycles. The number of piperidine rings is 1. The summed E-state index contributed by atoms with van der Waals surface area (Å²) in [5.74, 6) is 4.30. The summed E-state index contributed by atoms with van der Waals surface area (Å²) < 4.78 is 0. The van der Waals surface area contributed by atoms with Gasteiger partial charge in [-0.15, -0.1) is 0 Å². The number of likely N-dealkylation sites (tertiary alicyclic amines) is 1. The average Bonchev–Trinajstić information content (AvgIpc) is 2.68. The van der Waals surface area contributed by atoms with Crippen LogP contribution < -0.4 is 0 Å². The molecule has 1 heterocycles. The topological polar surface area (TPSA) is 3.24 Å². The molecule has 0 atom stereocenters. The van der Waals surface area contributed by atoms with Crippen molar-refractivity contribution in [2.24, 2.45) is 23.7 Å². The Morgan fingerprint density at radius 3 is 1.72 bits per heavy atom. The molecule has 0 aromatic carbocycles. The fourth-order valence-corrected chi connectivity index (χ4v) is 6.39. The van der Waals surface area contributed by atoms with Crippen LogP contribution in [0.25, 0.3) is 0 Å². The van der Waals surface area contributed by atoms with Crippen molar-refractivity contribution in [2.75, 3.05) is 13.1 Å². The quantitative estimate of drug-likeness (QED) is 0.476. The fraction of sp³-hybridized carbons (Fsp3) is 1.00. The first kappa shape index (κ1) is 19.7. The molecule has 3 fully saturated rings. The SMILES string of the molecule is CCCCC1CCN(C2CCC([C@H]3CC[C@H](CCC)CC3)CC2)CC1. The van der Waals surface area contributed by atoms with Gasteiger partial charge >= 0.3 is 0 Å². The Hall–Kier alpha value is -0.0400. The highest BCUT2D eigenvalue weighted by molar-refractivity contribution is 4.86. The lowest BCUT2D eigenvalue weighted by molar-refractivity contribution is 0.0718. The molecule has 2 aliphatic carbocycles. The summed E-state index contributed by atoms with van der Waals surface area (Å²) in [5.41, 5.74) is 0. The Morgan fingerprint density at radius 2 is 1.16 bits per heavy atom. The Balaban J connectivity index is 1.34. The number of nitrogens with zero attached hydrogens (tertiary/aromatic N) is 1. The molecule has 25 heavy (non-hydrogen) atoms. The molecule has 0 unspecified atom stereocenters. The third-order valence-corrected chi connectivity index (χ3v) is 8.13. The van der Waals surface area contributed by atoms with Crippen molar-refractivity contribution in [1.82, 2.24) is 4.90 Å². The molecule has 0 N–H and O–H groups in total. The van der Waals surface area contributed by atoms with Gasteiger partial charge < -0.3 is 4.90 Å². The van der Waals surface area contributed by atoms with Gasteiger partial charge in [-0.1, -0.05) is 58.8 Å². The van der Waals surface area contributed by atoms with Crippen LogP contribution in [0.2, 0.25) is 0 Å². The second-order valence-corrected chi connectivity index (χ2v) is 9.76. The van der Waals surface area contributed by atoms with E-state index in [4.69, 9.17) is 0 Å². The van der Waals surface area contributed by atoms with Gasteiger partial charge in [-0.05, 0) is 88.1 Å². The Morgan fingerprint density at radius 1 is 0.600 bits per heavy atom. The summed E-state index contributed by atoms with van der Waals surface area (Å²) >= 11 is 0. The predicted octanol–water partition coefficient (Wildman–Crippen LogP) is 7.05. The molecule has 0 aromatic heterocycles. The summed E-state index contributed by atoms with van der Waals surface area (Å²) in [5, 5.41) is 0. The minimum absolute atomic E-state index is 0.944. The maximum Gasteiger partial charge on any atom is 0.00954 e. The van der Waals surface area contributed by atoms with Crippen molar-refractivity contribution >= 4 is 0 Å². The van der Waals surface area contributed by atoms with Gasteiger partial charge in [-0.2, -0.15) is 0 Å². The van der Waals surface area contributed by atoms with E-state index in [1.165, 1.54) is 70.9 Å². The van der Waals surface area contributed by atoms with Crippen LogP contribution in [-0.2, 0) is 0 Å². The first-order valence-electron chi connectivity index (χ1n) is 12.0. The standard InChI is InChI=1S/C24H45N/c1-3-5-7-21-16-18-25(19-17-21)24-14-12-23(13-15-24)22-10-8-20(6-4-2)9-11-22/h20-24H,3-19H2,1-2H3/t20-,22-,23?,24?. The van der Waals surface area contributed by atoms with Gasteiger partial charge in [0.05, 0.1) is 0 Å². The molecule has 0 aromatic rings. The van der Waals surface area contributed by atoms with E-state index in [0.717, 1.165) is 29.7 Å². The lowest BCUT2D eigenvalue weighted by atomic mass is 9.69. The van der Waals surface area contributed by atoms with Crippen molar-refractivity contribution in [3.63, 3.8) is 0 Å². The van der Waals surface area contributed by atoms with E-state index in [9.17, 15) is 0 Å². The summed E-state index contributed by atoms with van der Waals surface area (Å²) in [6.07, 6.45) is 22.5. The van der Waals surface area contributed by atoms with Crippen LogP contribution in [0.1, 0.15) is 110 Å². The van der Waals surface area contributed by atoms with Crippen LogP contribution in [0.4, 0.5) is 0 Å². The van der Waals surface area contributed by atoms with Crippen LogP contribution in [0.15, 0.2) is 0 Å². The summed E-state index contributed by atoms with van der Waals surface area (Å²) in [6, 6.07) is 0.944. The maximum atomic E-state index is 2.89. The van der Waals surface area contributed by atoms with E-state index < -0.39 is 0 Å². The predicted molar refractivity (Wildman–Crippen MR) is 110 cm³/mol. The zero-order valence-corrected chi connectivity index (χ0v) is 17.4. The van der Waals surface area contributed by atoms with E-state index in [1.54, 1.807) is 38.5 Å². The molecule has 3 aliphatic rings. The molecule has 1 nitrogen and oxygen atoms in total. The van der Waals surface area contributed by atoms with Crippen molar-refractivity contribution in [2.45, 2.75) is 116 Å². The minimum Gasteiger partial charge on any atom is -0.300 e. The van der Waals surface area contributed by atoms with Crippen LogP contribution >= 0.6 is 0 Å². The zero-order chi connectivity index (χ0) is 17.5. The van der Waals surface area contributed by atoms with Crippen molar-refractivity contribution in [3.05, 3.63) is 0 Å². The first-order valence-corrected chi connectivity index (χ1v) is 12.0. The van der Waals surface area contributed by atoms with Crippen molar-refractivity contribution in [3.8, 4) is 0 Å². The summed E-state index contributed by atoms with van der Waals surface area (Å²) in [6.45, 7) is 7.52. The van der Waals surface area contributed by atoms with Gasteiger partial charge in [-0.25, -0.2) is 0 Å². The van der Waals surface area contributed by atoms with E-state index in [2.05, 4.69) is 18.7 Å². The summed E-state index contributed by atoms with van der Waals surface area (Å²) in [7, 11) is 0. The molecule has 0 bridgehead atoms. The second kappa shape index (κ2) is 10.3. The van der Waals surface area contributed by atoms with E-state index in [1.807, 2.05) is 0 Å². The second-order valence-electron chi connectivity index (χ2n) is 9.76. The van der Waals surface area contributed by atoms with Crippen LogP contribution in [0.5, 0.6) is 0 Å². The molecule has 146 valence electrons. The Kier molecular flexibility index (Phi) is 8.15. The third kappa shape index (κ3) is 5.72. The highest BCUT2D eigenvalue weighted by Crippen LogP contribution is 2.42. The normalized spacial score (nSPS) is 35.8. The third-order valence-electron chi connectivity index (χ3n) is 8.13. The molecular formula is C24H45N. The van der Waals surface area contributed by atoms with Crippen LogP contribution in [-0.4, -0.2) is 24.0 Å². The highest BCUT2D eigenvalue weighted by Gasteiger charge is 2.33. The molecule has 0 amide bonds. The largest absolute Gasteiger partial charge is 0.300 e. The first-order chi connectivity index (χ1) is 12.3. The summed E-state index contributed by atoms with van der Waals surface area (Å²) in [4.78, 5) is 2.89. The minimum atomic E-state index is 0.944. The maximum absolute atomic E-state index is 2.89.